The van der Waals surface area contributed by atoms with Crippen LogP contribution in [-0.2, 0) is 16.6 Å². The third-order valence-electron chi connectivity index (χ3n) is 8.84. The molecule has 2 N–H and O–H groups in total. The number of carbonyl (C=O) groups is 2. The van der Waals surface area contributed by atoms with Crippen molar-refractivity contribution in [2.75, 3.05) is 0 Å². The molecule has 2 heterocycles. The first-order chi connectivity index (χ1) is 21.1. The molecule has 228 valence electrons. The van der Waals surface area contributed by atoms with Crippen LogP contribution in [0, 0.1) is 5.92 Å². The Bertz CT molecular complexity index is 1550. The van der Waals surface area contributed by atoms with E-state index in [1.165, 1.54) is 43.9 Å². The second-order valence-corrected chi connectivity index (χ2v) is 13.0. The van der Waals surface area contributed by atoms with E-state index in [2.05, 4.69) is 51.5 Å². The summed E-state index contributed by atoms with van der Waals surface area (Å²) in [5.41, 5.74) is 6.15. The molecule has 0 radical (unpaired) electrons. The Labute approximate surface area is 260 Å². The largest absolute Gasteiger partial charge is 0.480 e. The maximum atomic E-state index is 12.8. The highest BCUT2D eigenvalue weighted by Crippen LogP contribution is 2.37. The lowest BCUT2D eigenvalue weighted by atomic mass is 9.78. The lowest BCUT2D eigenvalue weighted by molar-refractivity contribution is -0.139. The second kappa shape index (κ2) is 13.5. The Morgan fingerprint density at radius 1 is 0.818 bits per heavy atom. The first-order valence-electron chi connectivity index (χ1n) is 15.6. The highest BCUT2D eigenvalue weighted by molar-refractivity contribution is 5.96. The SMILES string of the molecule is CC[C@H]1CC[C@H](c2ccc(-c3cnc(-c4ccc(C[C@H](NC(=O)c5ccc(C(C)(C)C)nc5)C(=O)O)cc4)nc3)cc2)CC1. The Kier molecular flexibility index (Phi) is 9.52. The molecule has 0 spiro atoms. The maximum absolute atomic E-state index is 12.8. The molecule has 0 saturated heterocycles. The van der Waals surface area contributed by atoms with Crippen molar-refractivity contribution in [1.82, 2.24) is 20.3 Å². The van der Waals surface area contributed by atoms with Crippen LogP contribution in [0.1, 0.15) is 92.9 Å². The standard InChI is InChI=1S/C37H42N4O3/c1-5-24-6-10-26(11-7-24)27-14-16-28(17-15-27)31-22-39-34(40-23-31)29-12-8-25(9-13-29)20-32(36(43)44)41-35(42)30-18-19-33(38-21-30)37(2,3)4/h8-9,12-19,21-24,26,32H,5-7,10-11,20H2,1-4H3,(H,41,42)(H,43,44)/t24-,26-,32-/m0/s1. The fourth-order valence-electron chi connectivity index (χ4n) is 5.92. The molecule has 44 heavy (non-hydrogen) atoms. The zero-order chi connectivity index (χ0) is 31.3. The van der Waals surface area contributed by atoms with Crippen LogP contribution in [-0.4, -0.2) is 38.0 Å². The van der Waals surface area contributed by atoms with Crippen LogP contribution in [0.2, 0.25) is 0 Å². The van der Waals surface area contributed by atoms with Gasteiger partial charge in [0.1, 0.15) is 6.04 Å². The van der Waals surface area contributed by atoms with Gasteiger partial charge in [-0.25, -0.2) is 14.8 Å². The number of hydrogen-bond donors (Lipinski definition) is 2. The molecular weight excluding hydrogens is 548 g/mol. The number of aromatic nitrogens is 3. The summed E-state index contributed by atoms with van der Waals surface area (Å²) in [4.78, 5) is 38.3. The highest BCUT2D eigenvalue weighted by Gasteiger charge is 2.23. The van der Waals surface area contributed by atoms with Crippen LogP contribution in [0.5, 0.6) is 0 Å². The van der Waals surface area contributed by atoms with Gasteiger partial charge in [-0.3, -0.25) is 9.78 Å². The molecule has 0 bridgehead atoms. The van der Waals surface area contributed by atoms with Crippen molar-refractivity contribution < 1.29 is 14.7 Å². The summed E-state index contributed by atoms with van der Waals surface area (Å²) >= 11 is 0. The molecular formula is C37H42N4O3. The van der Waals surface area contributed by atoms with E-state index in [1.54, 1.807) is 12.1 Å². The number of aliphatic carboxylic acids is 1. The van der Waals surface area contributed by atoms with Crippen molar-refractivity contribution in [1.29, 1.82) is 0 Å². The summed E-state index contributed by atoms with van der Waals surface area (Å²) in [6, 6.07) is 18.7. The van der Waals surface area contributed by atoms with Crippen LogP contribution in [0.25, 0.3) is 22.5 Å². The molecule has 7 nitrogen and oxygen atoms in total. The molecule has 0 unspecified atom stereocenters. The van der Waals surface area contributed by atoms with Crippen molar-refractivity contribution >= 4 is 11.9 Å². The number of amides is 1. The molecule has 5 rings (SSSR count). The second-order valence-electron chi connectivity index (χ2n) is 13.0. The van der Waals surface area contributed by atoms with E-state index in [1.807, 2.05) is 57.4 Å². The van der Waals surface area contributed by atoms with Gasteiger partial charge in [0.2, 0.25) is 0 Å². The average Bonchev–Trinajstić information content (AvgIpc) is 3.04. The number of nitrogens with one attached hydrogen (secondary N) is 1. The normalized spacial score (nSPS) is 17.5. The predicted molar refractivity (Wildman–Crippen MR) is 173 cm³/mol. The van der Waals surface area contributed by atoms with Crippen molar-refractivity contribution in [3.8, 4) is 22.5 Å². The smallest absolute Gasteiger partial charge is 0.326 e. The summed E-state index contributed by atoms with van der Waals surface area (Å²) in [5, 5.41) is 12.4. The van der Waals surface area contributed by atoms with Crippen molar-refractivity contribution in [3.05, 3.63) is 102 Å². The number of hydrogen-bond acceptors (Lipinski definition) is 5. The molecule has 1 fully saturated rings. The third-order valence-corrected chi connectivity index (χ3v) is 8.84. The molecule has 2 aromatic carbocycles. The molecule has 1 amide bonds. The van der Waals surface area contributed by atoms with Crippen molar-refractivity contribution in [2.24, 2.45) is 5.92 Å². The molecule has 2 aromatic heterocycles. The van der Waals surface area contributed by atoms with Gasteiger partial charge >= 0.3 is 5.97 Å². The number of rotatable bonds is 9. The Balaban J connectivity index is 1.19. The van der Waals surface area contributed by atoms with Gasteiger partial charge in [0, 0.05) is 47.2 Å². The summed E-state index contributed by atoms with van der Waals surface area (Å²) in [7, 11) is 0. The van der Waals surface area contributed by atoms with Gasteiger partial charge in [-0.15, -0.1) is 0 Å². The van der Waals surface area contributed by atoms with E-state index in [4.69, 9.17) is 0 Å². The Morgan fingerprint density at radius 2 is 1.45 bits per heavy atom. The molecule has 0 aliphatic heterocycles. The molecule has 1 aliphatic rings. The van der Waals surface area contributed by atoms with Crippen molar-refractivity contribution in [3.63, 3.8) is 0 Å². The van der Waals surface area contributed by atoms with Crippen LogP contribution in [0.4, 0.5) is 0 Å². The summed E-state index contributed by atoms with van der Waals surface area (Å²) in [6.45, 7) is 8.43. The average molecular weight is 591 g/mol. The fourth-order valence-corrected chi connectivity index (χ4v) is 5.92. The molecule has 1 aliphatic carbocycles. The number of carboxylic acid groups (broad SMARTS) is 1. The topological polar surface area (TPSA) is 105 Å². The van der Waals surface area contributed by atoms with Gasteiger partial charge < -0.3 is 10.4 Å². The fraction of sp³-hybridized carbons (Fsp3) is 0.378. The number of carboxylic acids is 1. The Morgan fingerprint density at radius 3 is 2.00 bits per heavy atom. The van der Waals surface area contributed by atoms with E-state index in [9.17, 15) is 14.7 Å². The van der Waals surface area contributed by atoms with E-state index in [-0.39, 0.29) is 11.8 Å². The van der Waals surface area contributed by atoms with Gasteiger partial charge in [-0.05, 0) is 66.3 Å². The van der Waals surface area contributed by atoms with Crippen LogP contribution < -0.4 is 5.32 Å². The third kappa shape index (κ3) is 7.57. The van der Waals surface area contributed by atoms with Gasteiger partial charge in [-0.1, -0.05) is 82.6 Å². The molecule has 7 heteroatoms. The van der Waals surface area contributed by atoms with Gasteiger partial charge in [0.15, 0.2) is 5.82 Å². The minimum absolute atomic E-state index is 0.142. The quantitative estimate of drug-likeness (QED) is 0.208. The van der Waals surface area contributed by atoms with Gasteiger partial charge in [-0.2, -0.15) is 0 Å². The van der Waals surface area contributed by atoms with E-state index in [0.717, 1.165) is 33.9 Å². The van der Waals surface area contributed by atoms with E-state index in [0.29, 0.717) is 17.3 Å². The zero-order valence-electron chi connectivity index (χ0n) is 26.1. The Hall–Kier alpha value is -4.39. The summed E-state index contributed by atoms with van der Waals surface area (Å²) in [6.07, 6.45) is 11.8. The van der Waals surface area contributed by atoms with Crippen molar-refractivity contribution in [2.45, 2.75) is 83.6 Å². The van der Waals surface area contributed by atoms with Crippen LogP contribution in [0.15, 0.2) is 79.3 Å². The number of benzene rings is 2. The first kappa shape index (κ1) is 31.0. The number of carbonyl (C=O) groups excluding carboxylic acids is 1. The summed E-state index contributed by atoms with van der Waals surface area (Å²) in [5.74, 6) is 0.589. The van der Waals surface area contributed by atoms with E-state index >= 15 is 0 Å². The molecule has 4 aromatic rings. The lowest BCUT2D eigenvalue weighted by Crippen LogP contribution is -2.42. The highest BCUT2D eigenvalue weighted by atomic mass is 16.4. The van der Waals surface area contributed by atoms with Gasteiger partial charge in [0.05, 0.1) is 5.56 Å². The lowest BCUT2D eigenvalue weighted by Gasteiger charge is -2.28. The number of nitrogens with zero attached hydrogens (tertiary/aromatic N) is 3. The molecule has 1 saturated carbocycles. The number of pyridine rings is 1. The minimum atomic E-state index is -1.10. The van der Waals surface area contributed by atoms with Crippen LogP contribution in [0.3, 0.4) is 0 Å². The van der Waals surface area contributed by atoms with Crippen LogP contribution >= 0.6 is 0 Å². The maximum Gasteiger partial charge on any atom is 0.326 e. The minimum Gasteiger partial charge on any atom is -0.480 e. The predicted octanol–water partition coefficient (Wildman–Crippen LogP) is 7.61. The monoisotopic (exact) mass is 590 g/mol. The first-order valence-corrected chi connectivity index (χ1v) is 15.6. The zero-order valence-corrected chi connectivity index (χ0v) is 26.1. The molecule has 1 atom stereocenters. The summed E-state index contributed by atoms with van der Waals surface area (Å²) < 4.78 is 0. The van der Waals surface area contributed by atoms with Gasteiger partial charge in [0.25, 0.3) is 5.91 Å². The van der Waals surface area contributed by atoms with E-state index < -0.39 is 17.9 Å².